The summed E-state index contributed by atoms with van der Waals surface area (Å²) in [6.45, 7) is 1.65. The monoisotopic (exact) mass is 466 g/mol. The Morgan fingerprint density at radius 3 is 2.38 bits per heavy atom. The summed E-state index contributed by atoms with van der Waals surface area (Å²) >= 11 is 6.08. The van der Waals surface area contributed by atoms with Gasteiger partial charge in [0, 0.05) is 22.3 Å². The molecule has 0 aliphatic heterocycles. The fourth-order valence-corrected chi connectivity index (χ4v) is 4.93. The third-order valence-corrected chi connectivity index (χ3v) is 7.00. The maximum absolute atomic E-state index is 13.3. The molecule has 0 bridgehead atoms. The first-order valence-electron chi connectivity index (χ1n) is 9.75. The highest BCUT2D eigenvalue weighted by Crippen LogP contribution is 2.23. The average molecular weight is 467 g/mol. The molecule has 6 nitrogen and oxygen atoms in total. The molecule has 1 amide bonds. The Morgan fingerprint density at radius 2 is 1.69 bits per heavy atom. The fourth-order valence-electron chi connectivity index (χ4n) is 3.39. The van der Waals surface area contributed by atoms with Crippen molar-refractivity contribution >= 4 is 43.9 Å². The average Bonchev–Trinajstić information content (AvgIpc) is 2.76. The van der Waals surface area contributed by atoms with E-state index < -0.39 is 20.2 Å². The number of sulfone groups is 1. The second kappa shape index (κ2) is 8.61. The second-order valence-corrected chi connectivity index (χ2v) is 9.70. The Morgan fingerprint density at radius 1 is 1.00 bits per heavy atom. The van der Waals surface area contributed by atoms with Gasteiger partial charge in [-0.15, -0.1) is 0 Å². The van der Waals surface area contributed by atoms with Crippen molar-refractivity contribution in [3.8, 4) is 0 Å². The number of carbonyl (C=O) groups is 1. The summed E-state index contributed by atoms with van der Waals surface area (Å²) in [5.41, 5.74) is 1.25. The van der Waals surface area contributed by atoms with Crippen LogP contribution >= 0.6 is 11.6 Å². The lowest BCUT2D eigenvalue weighted by Gasteiger charge is -2.14. The van der Waals surface area contributed by atoms with Gasteiger partial charge in [0.1, 0.15) is 11.4 Å². The molecule has 8 heteroatoms. The maximum Gasteiger partial charge on any atom is 0.244 e. The minimum absolute atomic E-state index is 0.00173. The lowest BCUT2D eigenvalue weighted by Crippen LogP contribution is -2.24. The molecule has 0 fully saturated rings. The van der Waals surface area contributed by atoms with E-state index in [1.807, 2.05) is 13.0 Å². The zero-order chi connectivity index (χ0) is 22.9. The number of aromatic nitrogens is 1. The van der Waals surface area contributed by atoms with E-state index in [0.29, 0.717) is 16.2 Å². The Hall–Kier alpha value is -3.42. The van der Waals surface area contributed by atoms with Gasteiger partial charge in [-0.25, -0.2) is 8.42 Å². The number of nitrogens with one attached hydrogen (secondary N) is 1. The van der Waals surface area contributed by atoms with Crippen molar-refractivity contribution in [3.05, 3.63) is 99.8 Å². The van der Waals surface area contributed by atoms with Gasteiger partial charge >= 0.3 is 0 Å². The molecule has 162 valence electrons. The Labute approximate surface area is 190 Å². The number of halogens is 1. The number of hydrogen-bond acceptors (Lipinski definition) is 4. The van der Waals surface area contributed by atoms with Gasteiger partial charge in [-0.05, 0) is 49.4 Å². The number of para-hydroxylation sites is 1. The molecule has 0 atom stereocenters. The summed E-state index contributed by atoms with van der Waals surface area (Å²) in [6.07, 6.45) is 1.22. The number of nitrogens with zero attached hydrogens (tertiary/aromatic N) is 1. The van der Waals surface area contributed by atoms with E-state index in [9.17, 15) is 18.0 Å². The van der Waals surface area contributed by atoms with Crippen molar-refractivity contribution in [2.24, 2.45) is 0 Å². The molecule has 1 aromatic heterocycles. The van der Waals surface area contributed by atoms with Crippen LogP contribution in [-0.4, -0.2) is 18.9 Å². The number of pyridine rings is 1. The largest absolute Gasteiger partial charge is 0.336 e. The second-order valence-electron chi connectivity index (χ2n) is 7.34. The van der Waals surface area contributed by atoms with E-state index in [1.54, 1.807) is 48.5 Å². The lowest BCUT2D eigenvalue weighted by molar-refractivity contribution is -0.116. The van der Waals surface area contributed by atoms with Gasteiger partial charge < -0.3 is 9.88 Å². The smallest absolute Gasteiger partial charge is 0.244 e. The third kappa shape index (κ3) is 4.30. The summed E-state index contributed by atoms with van der Waals surface area (Å²) in [6, 6.07) is 19.7. The van der Waals surface area contributed by atoms with Gasteiger partial charge in [-0.3, -0.25) is 9.59 Å². The molecule has 0 aliphatic carbocycles. The van der Waals surface area contributed by atoms with E-state index >= 15 is 0 Å². The normalized spacial score (nSPS) is 11.4. The summed E-state index contributed by atoms with van der Waals surface area (Å²) < 4.78 is 28.0. The zero-order valence-corrected chi connectivity index (χ0v) is 18.7. The number of carbonyl (C=O) groups excluding carboxylic acids is 1. The van der Waals surface area contributed by atoms with Crippen LogP contribution in [0.3, 0.4) is 0 Å². The summed E-state index contributed by atoms with van der Waals surface area (Å²) in [5.74, 6) is -0.366. The number of hydrogen-bond donors (Lipinski definition) is 1. The van der Waals surface area contributed by atoms with E-state index in [0.717, 1.165) is 5.56 Å². The minimum atomic E-state index is -4.12. The molecule has 1 heterocycles. The zero-order valence-electron chi connectivity index (χ0n) is 17.1. The number of aryl methyl sites for hydroxylation is 1. The molecule has 0 aliphatic rings. The highest BCUT2D eigenvalue weighted by Gasteiger charge is 2.24. The fraction of sp³-hybridized carbons (Fsp3) is 0.0833. The van der Waals surface area contributed by atoms with Gasteiger partial charge in [-0.1, -0.05) is 47.5 Å². The molecular formula is C24H19ClN2O4S. The van der Waals surface area contributed by atoms with Crippen LogP contribution in [0, 0.1) is 6.92 Å². The molecule has 32 heavy (non-hydrogen) atoms. The Kier molecular flexibility index (Phi) is 5.86. The predicted octanol–water partition coefficient (Wildman–Crippen LogP) is 4.43. The molecule has 0 saturated carbocycles. The molecule has 0 unspecified atom stereocenters. The highest BCUT2D eigenvalue weighted by atomic mass is 35.5. The van der Waals surface area contributed by atoms with Crippen LogP contribution in [0.15, 0.2) is 93.6 Å². The molecular weight excluding hydrogens is 448 g/mol. The molecule has 0 radical (unpaired) electrons. The first-order valence-corrected chi connectivity index (χ1v) is 11.6. The molecule has 3 aromatic carbocycles. The third-order valence-electron chi connectivity index (χ3n) is 5.00. The van der Waals surface area contributed by atoms with Crippen molar-refractivity contribution < 1.29 is 13.2 Å². The van der Waals surface area contributed by atoms with Gasteiger partial charge in [-0.2, -0.15) is 0 Å². The van der Waals surface area contributed by atoms with Crippen molar-refractivity contribution in [2.75, 3.05) is 5.32 Å². The number of rotatable bonds is 5. The van der Waals surface area contributed by atoms with Gasteiger partial charge in [0.2, 0.25) is 21.2 Å². The molecule has 4 aromatic rings. The van der Waals surface area contributed by atoms with Crippen LogP contribution < -0.4 is 10.7 Å². The standard InChI is InChI=1S/C24H19ClN2O4S/c1-16-7-10-19(11-8-16)32(30,31)22-14-27(15-23(28)26-18-5-3-2-4-6-18)21-12-9-17(25)13-20(21)24(22)29/h2-14H,15H2,1H3,(H,26,28). The first kappa shape index (κ1) is 21.8. The first-order chi connectivity index (χ1) is 15.3. The molecule has 0 spiro atoms. The number of benzene rings is 3. The SMILES string of the molecule is Cc1ccc(S(=O)(=O)c2cn(CC(=O)Nc3ccccc3)c3ccc(Cl)cc3c2=O)cc1. The number of anilines is 1. The molecule has 4 rings (SSSR count). The van der Waals surface area contributed by atoms with Crippen LogP contribution in [0.1, 0.15) is 5.56 Å². The number of fused-ring (bicyclic) bond motifs is 1. The summed E-state index contributed by atoms with van der Waals surface area (Å²) in [4.78, 5) is 25.4. The topological polar surface area (TPSA) is 85.2 Å². The molecule has 1 N–H and O–H groups in total. The van der Waals surface area contributed by atoms with Crippen LogP contribution in [0.25, 0.3) is 10.9 Å². The van der Waals surface area contributed by atoms with Crippen LogP contribution in [0.5, 0.6) is 0 Å². The van der Waals surface area contributed by atoms with Crippen LogP contribution in [-0.2, 0) is 21.2 Å². The summed E-state index contributed by atoms with van der Waals surface area (Å²) in [5, 5.41) is 3.18. The van der Waals surface area contributed by atoms with Gasteiger partial charge in [0.15, 0.2) is 0 Å². The Balaban J connectivity index is 1.84. The van der Waals surface area contributed by atoms with E-state index in [4.69, 9.17) is 11.6 Å². The predicted molar refractivity (Wildman–Crippen MR) is 125 cm³/mol. The van der Waals surface area contributed by atoms with Crippen LogP contribution in [0.4, 0.5) is 5.69 Å². The van der Waals surface area contributed by atoms with E-state index in [2.05, 4.69) is 5.32 Å². The van der Waals surface area contributed by atoms with E-state index in [1.165, 1.54) is 29.0 Å². The van der Waals surface area contributed by atoms with E-state index in [-0.39, 0.29) is 22.7 Å². The minimum Gasteiger partial charge on any atom is -0.336 e. The molecule has 0 saturated heterocycles. The van der Waals surface area contributed by atoms with Crippen molar-refractivity contribution in [1.82, 2.24) is 4.57 Å². The van der Waals surface area contributed by atoms with Gasteiger partial charge in [0.25, 0.3) is 0 Å². The van der Waals surface area contributed by atoms with Crippen LogP contribution in [0.2, 0.25) is 5.02 Å². The van der Waals surface area contributed by atoms with Gasteiger partial charge in [0.05, 0.1) is 10.4 Å². The van der Waals surface area contributed by atoms with Crippen molar-refractivity contribution in [2.45, 2.75) is 23.3 Å². The lowest BCUT2D eigenvalue weighted by atomic mass is 10.2. The number of amides is 1. The van der Waals surface area contributed by atoms with Crippen molar-refractivity contribution in [3.63, 3.8) is 0 Å². The highest BCUT2D eigenvalue weighted by molar-refractivity contribution is 7.91. The Bertz CT molecular complexity index is 1480. The summed E-state index contributed by atoms with van der Waals surface area (Å²) in [7, 11) is -4.12. The quantitative estimate of drug-likeness (QED) is 0.471. The van der Waals surface area contributed by atoms with Crippen molar-refractivity contribution in [1.29, 1.82) is 0 Å². The maximum atomic E-state index is 13.3.